The van der Waals surface area contributed by atoms with Gasteiger partial charge in [-0.1, -0.05) is 6.92 Å². The van der Waals surface area contributed by atoms with Gasteiger partial charge in [-0.25, -0.2) is 8.42 Å². The molecule has 0 saturated carbocycles. The molecule has 5 heteroatoms. The molecule has 0 saturated heterocycles. The lowest BCUT2D eigenvalue weighted by Gasteiger charge is -2.37. The van der Waals surface area contributed by atoms with Crippen LogP contribution in [-0.4, -0.2) is 29.8 Å². The van der Waals surface area contributed by atoms with E-state index in [-0.39, 0.29) is 11.3 Å². The van der Waals surface area contributed by atoms with Crippen LogP contribution in [-0.2, 0) is 10.1 Å². The van der Waals surface area contributed by atoms with Gasteiger partial charge in [-0.05, 0) is 34.1 Å². The Morgan fingerprint density at radius 2 is 1.57 bits per heavy atom. The first kappa shape index (κ1) is 13.9. The van der Waals surface area contributed by atoms with Crippen LogP contribution in [0, 0.1) is 0 Å². The number of rotatable bonds is 5. The molecule has 14 heavy (non-hydrogen) atoms. The van der Waals surface area contributed by atoms with Gasteiger partial charge in [0.05, 0.1) is 15.9 Å². The SMILES string of the molecule is CCC(C)(C)NC(C)(C)CS(=O)(=O)[O-]. The minimum absolute atomic E-state index is 0.159. The Morgan fingerprint density at radius 3 is 1.86 bits per heavy atom. The van der Waals surface area contributed by atoms with E-state index in [1.807, 2.05) is 20.8 Å². The number of hydrogen-bond acceptors (Lipinski definition) is 4. The lowest BCUT2D eigenvalue weighted by Crippen LogP contribution is -2.54. The average molecular weight is 222 g/mol. The van der Waals surface area contributed by atoms with Crippen LogP contribution in [0.4, 0.5) is 0 Å². The van der Waals surface area contributed by atoms with Crippen molar-refractivity contribution in [3.05, 3.63) is 0 Å². The molecule has 0 fully saturated rings. The number of nitrogens with one attached hydrogen (secondary N) is 1. The molecular formula is C9H20NO3S-. The minimum atomic E-state index is -4.17. The van der Waals surface area contributed by atoms with Gasteiger partial charge in [0.2, 0.25) is 0 Å². The molecule has 0 aromatic carbocycles. The van der Waals surface area contributed by atoms with Gasteiger partial charge < -0.3 is 9.87 Å². The van der Waals surface area contributed by atoms with Crippen molar-refractivity contribution in [3.8, 4) is 0 Å². The summed E-state index contributed by atoms with van der Waals surface area (Å²) < 4.78 is 31.9. The van der Waals surface area contributed by atoms with E-state index in [2.05, 4.69) is 5.32 Å². The van der Waals surface area contributed by atoms with Gasteiger partial charge in [0, 0.05) is 11.1 Å². The largest absolute Gasteiger partial charge is 0.748 e. The molecule has 0 bridgehead atoms. The Hall–Kier alpha value is -0.130. The van der Waals surface area contributed by atoms with Gasteiger partial charge in [0.1, 0.15) is 0 Å². The van der Waals surface area contributed by atoms with Crippen molar-refractivity contribution in [3.63, 3.8) is 0 Å². The first-order chi connectivity index (χ1) is 5.97. The third kappa shape index (κ3) is 6.34. The van der Waals surface area contributed by atoms with E-state index in [9.17, 15) is 13.0 Å². The van der Waals surface area contributed by atoms with Crippen molar-refractivity contribution in [1.82, 2.24) is 5.32 Å². The fraction of sp³-hybridized carbons (Fsp3) is 1.00. The fourth-order valence-corrected chi connectivity index (χ4v) is 2.44. The summed E-state index contributed by atoms with van der Waals surface area (Å²) in [5, 5.41) is 3.16. The van der Waals surface area contributed by atoms with Crippen molar-refractivity contribution in [2.24, 2.45) is 0 Å². The second-order valence-electron chi connectivity index (χ2n) is 4.95. The highest BCUT2D eigenvalue weighted by Gasteiger charge is 2.27. The maximum Gasteiger partial charge on any atom is 0.0963 e. The smallest absolute Gasteiger partial charge is 0.0963 e. The molecular weight excluding hydrogens is 202 g/mol. The highest BCUT2D eigenvalue weighted by Crippen LogP contribution is 2.15. The summed E-state index contributed by atoms with van der Waals surface area (Å²) >= 11 is 0. The van der Waals surface area contributed by atoms with Crippen LogP contribution in [0.25, 0.3) is 0 Å². The van der Waals surface area contributed by atoms with E-state index in [1.165, 1.54) is 0 Å². The summed E-state index contributed by atoms with van der Waals surface area (Å²) in [6.45, 7) is 9.41. The van der Waals surface area contributed by atoms with Crippen molar-refractivity contribution in [1.29, 1.82) is 0 Å². The lowest BCUT2D eigenvalue weighted by molar-refractivity contribution is 0.273. The van der Waals surface area contributed by atoms with Crippen LogP contribution in [0.3, 0.4) is 0 Å². The first-order valence-electron chi connectivity index (χ1n) is 4.70. The van der Waals surface area contributed by atoms with E-state index in [0.717, 1.165) is 6.42 Å². The van der Waals surface area contributed by atoms with Crippen LogP contribution >= 0.6 is 0 Å². The van der Waals surface area contributed by atoms with E-state index in [1.54, 1.807) is 13.8 Å². The molecule has 1 N–H and O–H groups in total. The molecule has 0 aliphatic carbocycles. The van der Waals surface area contributed by atoms with Gasteiger partial charge in [-0.2, -0.15) is 0 Å². The van der Waals surface area contributed by atoms with Crippen molar-refractivity contribution < 1.29 is 13.0 Å². The molecule has 0 heterocycles. The van der Waals surface area contributed by atoms with Gasteiger partial charge >= 0.3 is 0 Å². The third-order valence-electron chi connectivity index (χ3n) is 2.10. The summed E-state index contributed by atoms with van der Waals surface area (Å²) in [5.74, 6) is -0.385. The average Bonchev–Trinajstić information content (AvgIpc) is 1.78. The molecule has 86 valence electrons. The van der Waals surface area contributed by atoms with Crippen molar-refractivity contribution in [2.45, 2.75) is 52.1 Å². The molecule has 0 aromatic rings. The van der Waals surface area contributed by atoms with Gasteiger partial charge in [0.25, 0.3) is 0 Å². The molecule has 0 atom stereocenters. The summed E-state index contributed by atoms with van der Waals surface area (Å²) in [6.07, 6.45) is 0.870. The maximum atomic E-state index is 10.6. The van der Waals surface area contributed by atoms with Crippen LogP contribution in [0.2, 0.25) is 0 Å². The fourth-order valence-electron chi connectivity index (χ4n) is 1.48. The van der Waals surface area contributed by atoms with Crippen LogP contribution in [0.5, 0.6) is 0 Å². The maximum absolute atomic E-state index is 10.6. The zero-order valence-corrected chi connectivity index (χ0v) is 10.4. The first-order valence-corrected chi connectivity index (χ1v) is 6.28. The van der Waals surface area contributed by atoms with Crippen LogP contribution < -0.4 is 5.32 Å². The molecule has 0 aromatic heterocycles. The summed E-state index contributed by atoms with van der Waals surface area (Å²) in [6, 6.07) is 0. The number of hydrogen-bond donors (Lipinski definition) is 1. The molecule has 0 unspecified atom stereocenters. The third-order valence-corrected chi connectivity index (χ3v) is 3.17. The Kier molecular flexibility index (Phi) is 4.12. The predicted octanol–water partition coefficient (Wildman–Crippen LogP) is 1.09. The second-order valence-corrected chi connectivity index (χ2v) is 6.35. The Balaban J connectivity index is 4.50. The molecule has 4 nitrogen and oxygen atoms in total. The predicted molar refractivity (Wildman–Crippen MR) is 56.1 cm³/mol. The van der Waals surface area contributed by atoms with Gasteiger partial charge in [-0.15, -0.1) is 0 Å². The quantitative estimate of drug-likeness (QED) is 0.707. The molecule has 0 aliphatic heterocycles. The Labute approximate surface area is 86.8 Å². The van der Waals surface area contributed by atoms with E-state index in [0.29, 0.717) is 0 Å². The lowest BCUT2D eigenvalue weighted by atomic mass is 9.96. The monoisotopic (exact) mass is 222 g/mol. The molecule has 0 rings (SSSR count). The van der Waals surface area contributed by atoms with E-state index < -0.39 is 15.7 Å². The standard InChI is InChI=1S/C9H21NO3S/c1-6-8(2,3)10-9(4,5)7-14(11,12)13/h10H,6-7H2,1-5H3,(H,11,12,13)/p-1. The van der Waals surface area contributed by atoms with Gasteiger partial charge in [-0.3, -0.25) is 0 Å². The normalized spacial score (nSPS) is 14.4. The molecule has 0 spiro atoms. The van der Waals surface area contributed by atoms with Crippen molar-refractivity contribution >= 4 is 10.1 Å². The summed E-state index contributed by atoms with van der Waals surface area (Å²) in [5.41, 5.74) is -0.839. The minimum Gasteiger partial charge on any atom is -0.748 e. The van der Waals surface area contributed by atoms with Gasteiger partial charge in [0.15, 0.2) is 0 Å². The zero-order valence-electron chi connectivity index (χ0n) is 9.55. The highest BCUT2D eigenvalue weighted by atomic mass is 32.2. The zero-order chi connectivity index (χ0) is 11.6. The van der Waals surface area contributed by atoms with Crippen molar-refractivity contribution in [2.75, 3.05) is 5.75 Å². The second kappa shape index (κ2) is 4.16. The Bertz CT molecular complexity index is 280. The molecule has 0 amide bonds. The van der Waals surface area contributed by atoms with Crippen LogP contribution in [0.15, 0.2) is 0 Å². The summed E-state index contributed by atoms with van der Waals surface area (Å²) in [7, 11) is -4.17. The summed E-state index contributed by atoms with van der Waals surface area (Å²) in [4.78, 5) is 0. The van der Waals surface area contributed by atoms with Crippen LogP contribution in [0.1, 0.15) is 41.0 Å². The van der Waals surface area contributed by atoms with E-state index in [4.69, 9.17) is 0 Å². The topological polar surface area (TPSA) is 69.2 Å². The molecule has 0 aliphatic rings. The van der Waals surface area contributed by atoms with E-state index >= 15 is 0 Å². The highest BCUT2D eigenvalue weighted by molar-refractivity contribution is 7.85. The molecule has 0 radical (unpaired) electrons. The Morgan fingerprint density at radius 1 is 1.14 bits per heavy atom.